The smallest absolute Gasteiger partial charge is 0.350 e. The van der Waals surface area contributed by atoms with Gasteiger partial charge in [0, 0.05) is 79.0 Å². The van der Waals surface area contributed by atoms with Crippen LogP contribution in [0.3, 0.4) is 0 Å². The zero-order chi connectivity index (χ0) is 39.6. The molecule has 56 heavy (non-hydrogen) atoms. The summed E-state index contributed by atoms with van der Waals surface area (Å²) in [4.78, 5) is 64.2. The van der Waals surface area contributed by atoms with Gasteiger partial charge in [-0.2, -0.15) is 4.90 Å². The van der Waals surface area contributed by atoms with Gasteiger partial charge in [0.25, 0.3) is 17.5 Å². The average Bonchev–Trinajstić information content (AvgIpc) is 3.79. The number of nitro groups is 1. The second kappa shape index (κ2) is 15.9. The zero-order valence-corrected chi connectivity index (χ0v) is 31.4. The van der Waals surface area contributed by atoms with Crippen LogP contribution in [0.4, 0.5) is 10.5 Å². The quantitative estimate of drug-likeness (QED) is 0.0374. The lowest BCUT2D eigenvalue weighted by molar-refractivity contribution is -0.384. The molecule has 0 aliphatic carbocycles. The largest absolute Gasteiger partial charge is 0.472 e. The number of imide groups is 3. The average molecular weight is 776 g/mol. The summed E-state index contributed by atoms with van der Waals surface area (Å²) in [6, 6.07) is 29.2. The van der Waals surface area contributed by atoms with Crippen LogP contribution in [-0.2, 0) is 43.7 Å². The van der Waals surface area contributed by atoms with Gasteiger partial charge in [0.1, 0.15) is 0 Å². The molecule has 0 fully saturated rings. The van der Waals surface area contributed by atoms with Gasteiger partial charge in [0.05, 0.1) is 34.3 Å². The number of carbonyl (C=O) groups is 3. The van der Waals surface area contributed by atoms with Crippen molar-refractivity contribution in [2.24, 2.45) is 14.1 Å². The van der Waals surface area contributed by atoms with Gasteiger partial charge >= 0.3 is 13.9 Å². The van der Waals surface area contributed by atoms with Crippen LogP contribution < -0.4 is 5.32 Å². The van der Waals surface area contributed by atoms with Gasteiger partial charge in [0.2, 0.25) is 0 Å². The van der Waals surface area contributed by atoms with Crippen molar-refractivity contribution < 1.29 is 37.8 Å². The molecule has 0 bridgehead atoms. The predicted octanol–water partition coefficient (Wildman–Crippen LogP) is 7.47. The Bertz CT molecular complexity index is 2560. The Kier molecular flexibility index (Phi) is 10.8. The number of para-hydroxylation sites is 1. The summed E-state index contributed by atoms with van der Waals surface area (Å²) in [7, 11) is -1.00. The van der Waals surface area contributed by atoms with E-state index < -0.39 is 36.7 Å². The first-order valence-electron chi connectivity index (χ1n) is 17.9. The second-order valence-corrected chi connectivity index (χ2v) is 14.8. The molecular weight excluding hydrogens is 737 g/mol. The van der Waals surface area contributed by atoms with E-state index in [1.165, 1.54) is 18.2 Å². The summed E-state index contributed by atoms with van der Waals surface area (Å²) in [5, 5.41) is 15.3. The van der Waals surface area contributed by atoms with Crippen LogP contribution >= 0.6 is 7.82 Å². The van der Waals surface area contributed by atoms with E-state index in [2.05, 4.69) is 5.32 Å². The third kappa shape index (κ3) is 7.68. The number of non-ortho nitro benzene ring substituents is 1. The Morgan fingerprint density at radius 2 is 1.41 bits per heavy atom. The molecule has 286 valence electrons. The summed E-state index contributed by atoms with van der Waals surface area (Å²) < 4.78 is 27.4. The highest BCUT2D eigenvalue weighted by Crippen LogP contribution is 2.49. The van der Waals surface area contributed by atoms with E-state index in [1.54, 1.807) is 24.0 Å². The number of urea groups is 1. The Morgan fingerprint density at radius 3 is 2.07 bits per heavy atom. The molecule has 7 rings (SSSR count). The molecule has 2 aromatic heterocycles. The standard InChI is InChI=1S/C41H38N5O9P/c1-43-25-32(30-17-9-10-18-34(30)43)37-38(33-26-44(2)35-24-29(46(50)51)19-20-31(33)35)40(48)45(39(37)47)41(49)42-21-11-12-22-54-56(52,53)55-36(28-15-7-4-8-16-28)23-27-13-5-3-6-14-27/h3-10,13-20,24-26,36H,11-12,21-23H2,1-2H3,(H,42,49)(H,52,53). The van der Waals surface area contributed by atoms with E-state index in [0.29, 0.717) is 44.3 Å². The summed E-state index contributed by atoms with van der Waals surface area (Å²) in [5.74, 6) is -1.66. The molecule has 6 aromatic rings. The Morgan fingerprint density at radius 1 is 0.821 bits per heavy atom. The molecule has 0 saturated heterocycles. The maximum atomic E-state index is 14.2. The molecule has 0 spiro atoms. The van der Waals surface area contributed by atoms with Crippen LogP contribution in [0.5, 0.6) is 0 Å². The first kappa shape index (κ1) is 38.1. The fourth-order valence-electron chi connectivity index (χ4n) is 7.02. The lowest BCUT2D eigenvalue weighted by Gasteiger charge is -2.21. The van der Waals surface area contributed by atoms with E-state index in [-0.39, 0.29) is 42.8 Å². The number of hydrogen-bond donors (Lipinski definition) is 2. The molecule has 2 atom stereocenters. The number of nitro benzene ring substituents is 1. The van der Waals surface area contributed by atoms with E-state index in [9.17, 15) is 34.0 Å². The lowest BCUT2D eigenvalue weighted by atomic mass is 9.95. The van der Waals surface area contributed by atoms with Gasteiger partial charge in [-0.3, -0.25) is 28.8 Å². The molecule has 1 aliphatic heterocycles. The topological polar surface area (TPSA) is 175 Å². The van der Waals surface area contributed by atoms with Crippen LogP contribution in [-0.4, -0.2) is 54.8 Å². The van der Waals surface area contributed by atoms with Crippen molar-refractivity contribution in [3.63, 3.8) is 0 Å². The molecule has 15 heteroatoms. The lowest BCUT2D eigenvalue weighted by Crippen LogP contribution is -2.44. The molecule has 3 heterocycles. The van der Waals surface area contributed by atoms with E-state index in [0.717, 1.165) is 11.1 Å². The minimum Gasteiger partial charge on any atom is -0.350 e. The fourth-order valence-corrected chi connectivity index (χ4v) is 7.96. The number of rotatable bonds is 14. The number of carbonyl (C=O) groups excluding carboxylic acids is 3. The number of nitrogens with zero attached hydrogens (tertiary/aromatic N) is 4. The number of unbranched alkanes of at least 4 members (excludes halogenated alkanes) is 1. The third-order valence-corrected chi connectivity index (χ3v) is 10.7. The molecule has 0 radical (unpaired) electrons. The monoisotopic (exact) mass is 775 g/mol. The number of amides is 4. The number of aromatic nitrogens is 2. The minimum atomic E-state index is -4.49. The molecular formula is C41H38N5O9P. The SMILES string of the molecule is Cn1cc(C2=C(c3cn(C)c4cc([N+](=O)[O-])ccc34)C(=O)N(C(=O)NCCCCOP(=O)(O)OC(Cc3ccccc3)c3ccccc3)C2=O)c2ccccc21. The van der Waals surface area contributed by atoms with Gasteiger partial charge in [-0.25, -0.2) is 9.36 Å². The van der Waals surface area contributed by atoms with Crippen LogP contribution in [0.1, 0.15) is 41.2 Å². The summed E-state index contributed by atoms with van der Waals surface area (Å²) in [5.41, 5.74) is 3.59. The number of nitrogens with one attached hydrogen (secondary N) is 1. The van der Waals surface area contributed by atoms with Gasteiger partial charge in [-0.05, 0) is 36.1 Å². The Hall–Kier alpha value is -6.18. The zero-order valence-electron chi connectivity index (χ0n) is 30.5. The van der Waals surface area contributed by atoms with E-state index >= 15 is 0 Å². The fraction of sp³-hybridized carbons (Fsp3) is 0.195. The van der Waals surface area contributed by atoms with Crippen molar-refractivity contribution in [3.8, 4) is 0 Å². The molecule has 14 nitrogen and oxygen atoms in total. The Labute approximate surface area is 321 Å². The van der Waals surface area contributed by atoms with Crippen LogP contribution in [0.2, 0.25) is 0 Å². The van der Waals surface area contributed by atoms with Gasteiger partial charge in [-0.15, -0.1) is 0 Å². The van der Waals surface area contributed by atoms with Crippen molar-refractivity contribution >= 4 is 64.3 Å². The van der Waals surface area contributed by atoms with E-state index in [4.69, 9.17) is 9.05 Å². The molecule has 0 saturated carbocycles. The molecule has 4 amide bonds. The number of phosphoric ester groups is 1. The normalized spacial score (nSPS) is 14.8. The van der Waals surface area contributed by atoms with Crippen molar-refractivity contribution in [3.05, 3.63) is 148 Å². The summed E-state index contributed by atoms with van der Waals surface area (Å²) in [6.07, 6.45) is 3.49. The summed E-state index contributed by atoms with van der Waals surface area (Å²) in [6.45, 7) is -0.137. The predicted molar refractivity (Wildman–Crippen MR) is 210 cm³/mol. The second-order valence-electron chi connectivity index (χ2n) is 13.4. The Balaban J connectivity index is 1.04. The maximum absolute atomic E-state index is 14.2. The highest BCUT2D eigenvalue weighted by Gasteiger charge is 2.45. The maximum Gasteiger partial charge on any atom is 0.472 e. The van der Waals surface area contributed by atoms with Crippen LogP contribution in [0.25, 0.3) is 33.0 Å². The van der Waals surface area contributed by atoms with Crippen molar-refractivity contribution in [2.75, 3.05) is 13.2 Å². The summed E-state index contributed by atoms with van der Waals surface area (Å²) >= 11 is 0. The third-order valence-electron chi connectivity index (χ3n) is 9.71. The number of aryl methyl sites for hydroxylation is 2. The number of phosphoric acid groups is 1. The van der Waals surface area contributed by atoms with E-state index in [1.807, 2.05) is 96.5 Å². The minimum absolute atomic E-state index is 0.00544. The van der Waals surface area contributed by atoms with Crippen molar-refractivity contribution in [1.82, 2.24) is 19.4 Å². The highest BCUT2D eigenvalue weighted by molar-refractivity contribution is 7.47. The van der Waals surface area contributed by atoms with Crippen LogP contribution in [0.15, 0.2) is 116 Å². The van der Waals surface area contributed by atoms with Crippen LogP contribution in [0, 0.1) is 10.1 Å². The van der Waals surface area contributed by atoms with Crippen molar-refractivity contribution in [1.29, 1.82) is 0 Å². The number of fused-ring (bicyclic) bond motifs is 2. The van der Waals surface area contributed by atoms with Gasteiger partial charge in [-0.1, -0.05) is 78.9 Å². The van der Waals surface area contributed by atoms with Gasteiger partial charge in [0.15, 0.2) is 0 Å². The molecule has 2 N–H and O–H groups in total. The number of benzene rings is 4. The molecule has 2 unspecified atom stereocenters. The highest BCUT2D eigenvalue weighted by atomic mass is 31.2. The first-order chi connectivity index (χ1) is 26.9. The van der Waals surface area contributed by atoms with Crippen molar-refractivity contribution in [2.45, 2.75) is 25.4 Å². The molecule has 4 aromatic carbocycles. The molecule has 1 aliphatic rings. The van der Waals surface area contributed by atoms with Gasteiger partial charge < -0.3 is 19.3 Å². The first-order valence-corrected chi connectivity index (χ1v) is 19.4. The number of hydrogen-bond acceptors (Lipinski definition) is 8.